The van der Waals surface area contributed by atoms with Crippen molar-refractivity contribution in [3.8, 4) is 0 Å². The zero-order chi connectivity index (χ0) is 35.3. The van der Waals surface area contributed by atoms with Gasteiger partial charge in [0.05, 0.1) is 16.3 Å². The molecule has 36 heavy (non-hydrogen) atoms. The third-order valence-corrected chi connectivity index (χ3v) is 5.82. The third kappa shape index (κ3) is 4.85. The molecule has 0 radical (unpaired) electrons. The van der Waals surface area contributed by atoms with Crippen molar-refractivity contribution in [3.63, 3.8) is 0 Å². The molecule has 3 atom stereocenters. The number of morpholine rings is 1. The first-order chi connectivity index (χ1) is 21.4. The van der Waals surface area contributed by atoms with Gasteiger partial charge in [-0.1, -0.05) is 24.3 Å². The minimum absolute atomic E-state index is 0.0320. The highest BCUT2D eigenvalue weighted by Gasteiger charge is 2.39. The molecule has 3 aliphatic rings. The molecule has 3 amide bonds. The van der Waals surface area contributed by atoms with Gasteiger partial charge in [0.15, 0.2) is 0 Å². The Bertz CT molecular complexity index is 1660. The number of nitrogens with zero attached hydrogens (tertiary/aromatic N) is 2. The van der Waals surface area contributed by atoms with Crippen molar-refractivity contribution in [2.45, 2.75) is 64.4 Å². The third-order valence-electron chi connectivity index (χ3n) is 5.82. The average molecular weight is 506 g/mol. The first-order valence-electron chi connectivity index (χ1n) is 16.6. The van der Waals surface area contributed by atoms with Crippen LogP contribution in [0.3, 0.4) is 0 Å². The zero-order valence-electron chi connectivity index (χ0n) is 30.5. The van der Waals surface area contributed by atoms with E-state index in [4.69, 9.17) is 19.8 Å². The molecule has 0 saturated carbocycles. The summed E-state index contributed by atoms with van der Waals surface area (Å²) in [5, 5.41) is 4.61. The van der Waals surface area contributed by atoms with Gasteiger partial charge in [-0.2, -0.15) is 0 Å². The second kappa shape index (κ2) is 9.99. The van der Waals surface area contributed by atoms with Crippen LogP contribution in [0.1, 0.15) is 68.7 Å². The van der Waals surface area contributed by atoms with Gasteiger partial charge in [0.2, 0.25) is 11.8 Å². The molecule has 9 heteroatoms. The molecule has 0 aromatic heterocycles. The number of halogens is 1. The van der Waals surface area contributed by atoms with Crippen LogP contribution >= 0.6 is 0 Å². The molecule has 190 valence electrons. The summed E-state index contributed by atoms with van der Waals surface area (Å²) in [5.41, 5.74) is 0.283. The van der Waals surface area contributed by atoms with Crippen molar-refractivity contribution in [2.24, 2.45) is 0 Å². The number of nitrogens with one attached hydrogen (secondary N) is 2. The van der Waals surface area contributed by atoms with E-state index < -0.39 is 80.5 Å². The molecule has 5 rings (SSSR count). The van der Waals surface area contributed by atoms with E-state index >= 15 is 4.39 Å². The van der Waals surface area contributed by atoms with Crippen LogP contribution in [0.4, 0.5) is 10.1 Å². The van der Waals surface area contributed by atoms with Crippen molar-refractivity contribution in [1.82, 2.24) is 15.1 Å². The van der Waals surface area contributed by atoms with Crippen LogP contribution in [0.2, 0.25) is 0 Å². The molecule has 2 fully saturated rings. The van der Waals surface area contributed by atoms with Gasteiger partial charge in [-0.15, -0.1) is 0 Å². The number of amides is 3. The first kappa shape index (κ1) is 14.4. The van der Waals surface area contributed by atoms with Crippen molar-refractivity contribution in [3.05, 3.63) is 64.5 Å². The number of carbonyl (C=O) groups is 3. The summed E-state index contributed by atoms with van der Waals surface area (Å²) in [7, 11) is 0. The summed E-state index contributed by atoms with van der Waals surface area (Å²) in [6.45, 7) is -4.89. The van der Waals surface area contributed by atoms with Crippen LogP contribution in [0.15, 0.2) is 36.4 Å². The molecule has 2 N–H and O–H groups in total. The number of carbonyl (C=O) groups excluding carboxylic acids is 3. The van der Waals surface area contributed by atoms with Crippen LogP contribution in [0, 0.1) is 5.82 Å². The van der Waals surface area contributed by atoms with Gasteiger partial charge >= 0.3 is 0 Å². The molecule has 2 aromatic rings. The van der Waals surface area contributed by atoms with Crippen molar-refractivity contribution >= 4 is 23.4 Å². The number of ether oxygens (including phenoxy) is 1. The number of piperidine rings is 1. The lowest BCUT2D eigenvalue weighted by molar-refractivity contribution is -0.136. The maximum absolute atomic E-state index is 15.9. The number of hydrogen-bond donors (Lipinski definition) is 2. The monoisotopic (exact) mass is 505 g/mol. The van der Waals surface area contributed by atoms with E-state index in [0.717, 1.165) is 13.8 Å². The van der Waals surface area contributed by atoms with Crippen molar-refractivity contribution in [2.75, 3.05) is 18.3 Å². The Kier molecular flexibility index (Phi) is 4.01. The van der Waals surface area contributed by atoms with Crippen molar-refractivity contribution in [1.29, 1.82) is 0 Å². The fraction of sp³-hybridized carbons (Fsp3) is 0.444. The molecular weight excluding hydrogens is 463 g/mol. The second-order valence-electron chi connectivity index (χ2n) is 8.37. The number of imide groups is 1. The van der Waals surface area contributed by atoms with E-state index in [0.29, 0.717) is 9.80 Å². The van der Waals surface area contributed by atoms with Crippen LogP contribution in [-0.4, -0.2) is 58.7 Å². The minimum atomic E-state index is -3.45. The molecule has 3 heterocycles. The minimum Gasteiger partial charge on any atom is -0.381 e. The summed E-state index contributed by atoms with van der Waals surface area (Å²) < 4.78 is 112. The van der Waals surface area contributed by atoms with Crippen LogP contribution in [0.25, 0.3) is 0 Å². The first-order valence-corrected chi connectivity index (χ1v) is 11.1. The van der Waals surface area contributed by atoms with Crippen LogP contribution in [0.5, 0.6) is 0 Å². The summed E-state index contributed by atoms with van der Waals surface area (Å²) in [6.07, 6.45) is -11.5. The Hall–Kier alpha value is -3.30. The Labute approximate surface area is 225 Å². The highest BCUT2D eigenvalue weighted by Crippen LogP contribution is 2.32. The predicted octanol–water partition coefficient (Wildman–Crippen LogP) is 2.81. The molecular formula is C27H31FN4O4. The van der Waals surface area contributed by atoms with Crippen molar-refractivity contribution < 1.29 is 38.6 Å². The Morgan fingerprint density at radius 3 is 2.64 bits per heavy atom. The standard InChI is InChI=1S/C27H31FN4O4/c1-16-12-31(13-17(2)36-16)14-19-6-3-5-18(25(19)28)11-29-22-8-4-7-20-21(22)15-32(27(20)35)23-9-10-24(33)30-26(23)34/h3-8,16-17,23,29H,9-15H2,1-2H3,(H,30,33,34)/i9D2,10D2,12D2,13D2,16D,17D,23D. The molecule has 3 aliphatic heterocycles. The number of anilines is 1. The van der Waals surface area contributed by atoms with Gasteiger partial charge in [-0.3, -0.25) is 24.6 Å². The average Bonchev–Trinajstić information content (AvgIpc) is 3.30. The van der Waals surface area contributed by atoms with E-state index in [1.807, 2.05) is 0 Å². The van der Waals surface area contributed by atoms with Gasteiger partial charge < -0.3 is 15.0 Å². The molecule has 3 unspecified atom stereocenters. The van der Waals surface area contributed by atoms with E-state index in [9.17, 15) is 14.4 Å². The summed E-state index contributed by atoms with van der Waals surface area (Å²) >= 11 is 0. The van der Waals surface area contributed by atoms with Gasteiger partial charge in [-0.25, -0.2) is 4.39 Å². The van der Waals surface area contributed by atoms with Gasteiger partial charge in [0.25, 0.3) is 5.91 Å². The Balaban J connectivity index is 1.42. The molecule has 2 aromatic carbocycles. The maximum atomic E-state index is 15.9. The Morgan fingerprint density at radius 1 is 1.14 bits per heavy atom. The summed E-state index contributed by atoms with van der Waals surface area (Å²) in [4.78, 5) is 39.4. The maximum Gasteiger partial charge on any atom is 0.255 e. The van der Waals surface area contributed by atoms with Crippen LogP contribution in [-0.2, 0) is 34.0 Å². The fourth-order valence-corrected chi connectivity index (χ4v) is 4.25. The molecule has 2 saturated heterocycles. The van der Waals surface area contributed by atoms with Gasteiger partial charge in [0, 0.05) is 77.9 Å². The largest absolute Gasteiger partial charge is 0.381 e. The quantitative estimate of drug-likeness (QED) is 0.587. The van der Waals surface area contributed by atoms with E-state index in [1.54, 1.807) is 5.32 Å². The Morgan fingerprint density at radius 2 is 1.86 bits per heavy atom. The smallest absolute Gasteiger partial charge is 0.255 e. The fourth-order valence-electron chi connectivity index (χ4n) is 4.25. The summed E-state index contributed by atoms with van der Waals surface area (Å²) in [5.74, 6) is -4.89. The molecule has 8 nitrogen and oxygen atoms in total. The lowest BCUT2D eigenvalue weighted by Crippen LogP contribution is -2.52. The number of rotatable bonds is 6. The topological polar surface area (TPSA) is 91.0 Å². The van der Waals surface area contributed by atoms with Gasteiger partial charge in [0.1, 0.15) is 11.8 Å². The normalized spacial score (nSPS) is 40.8. The van der Waals surface area contributed by atoms with Crippen LogP contribution < -0.4 is 10.6 Å². The highest BCUT2D eigenvalue weighted by molar-refractivity contribution is 6.06. The molecule has 0 bridgehead atoms. The number of fused-ring (bicyclic) bond motifs is 1. The number of hydrogen-bond acceptors (Lipinski definition) is 6. The summed E-state index contributed by atoms with van der Waals surface area (Å²) in [6, 6.07) is 5.29. The zero-order valence-corrected chi connectivity index (χ0v) is 19.5. The predicted molar refractivity (Wildman–Crippen MR) is 131 cm³/mol. The van der Waals surface area contributed by atoms with Gasteiger partial charge in [-0.05, 0) is 32.4 Å². The SMILES string of the molecule is [2H]C1(C)OC([2H])(C)C([2H])([2H])N(Cc2cccc(CNc3cccc4c3CN(C3([2H])C(=O)NC(=O)C([2H])([2H])C3([2H])[2H])C4=O)c2F)C1([2H])[2H]. The lowest BCUT2D eigenvalue weighted by Gasteiger charge is -2.35. The van der Waals surface area contributed by atoms with E-state index in [1.165, 1.54) is 36.4 Å². The van der Waals surface area contributed by atoms with E-state index in [-0.39, 0.29) is 34.5 Å². The molecule has 0 spiro atoms. The second-order valence-corrected chi connectivity index (χ2v) is 8.37. The van der Waals surface area contributed by atoms with E-state index in [2.05, 4.69) is 5.32 Å². The highest BCUT2D eigenvalue weighted by atomic mass is 19.1. The number of benzene rings is 2. The molecule has 0 aliphatic carbocycles. The lowest BCUT2D eigenvalue weighted by atomic mass is 10.0.